The number of aromatic carboxylic acids is 1. The number of unbranched alkanes of at least 4 members (excludes halogenated alkanes) is 1. The highest BCUT2D eigenvalue weighted by atomic mass is 16.4. The number of anilines is 1. The molecule has 2 aromatic rings. The van der Waals surface area contributed by atoms with Gasteiger partial charge >= 0.3 is 5.97 Å². The minimum absolute atomic E-state index is 0.293. The predicted molar refractivity (Wildman–Crippen MR) is 72.7 cm³/mol. The van der Waals surface area contributed by atoms with Crippen molar-refractivity contribution in [2.45, 2.75) is 33.1 Å². The fourth-order valence-corrected chi connectivity index (χ4v) is 2.13. The second-order valence-electron chi connectivity index (χ2n) is 4.36. The van der Waals surface area contributed by atoms with E-state index in [1.807, 2.05) is 6.92 Å². The lowest BCUT2D eigenvalue weighted by molar-refractivity contribution is 0.0696. The summed E-state index contributed by atoms with van der Waals surface area (Å²) in [4.78, 5) is 15.5. The molecule has 0 amide bonds. The fourth-order valence-electron chi connectivity index (χ4n) is 2.13. The largest absolute Gasteiger partial charge is 0.478 e. The number of rotatable bonds is 6. The normalized spacial score (nSPS) is 10.8. The molecule has 2 aromatic heterocycles. The minimum Gasteiger partial charge on any atom is -0.478 e. The van der Waals surface area contributed by atoms with E-state index in [0.717, 1.165) is 30.5 Å². The first-order valence-corrected chi connectivity index (χ1v) is 6.51. The van der Waals surface area contributed by atoms with E-state index >= 15 is 0 Å². The van der Waals surface area contributed by atoms with Gasteiger partial charge in [0, 0.05) is 12.7 Å². The standard InChI is InChI=1S/C13H18N4O2/c1-3-5-6-14-12-11-9(4-2)10(13(18)19)7-17(11)16-8-15-12/h7-8H,3-6H2,1-2H3,(H,18,19)(H,14,15,16). The van der Waals surface area contributed by atoms with E-state index in [1.165, 1.54) is 6.33 Å². The maximum absolute atomic E-state index is 11.2. The smallest absolute Gasteiger partial charge is 0.337 e. The molecule has 0 atom stereocenters. The van der Waals surface area contributed by atoms with Crippen molar-refractivity contribution in [1.29, 1.82) is 0 Å². The molecule has 102 valence electrons. The Morgan fingerprint density at radius 1 is 1.47 bits per heavy atom. The van der Waals surface area contributed by atoms with Gasteiger partial charge in [-0.3, -0.25) is 0 Å². The van der Waals surface area contributed by atoms with Gasteiger partial charge in [-0.25, -0.2) is 14.3 Å². The predicted octanol–water partition coefficient (Wildman–Crippen LogP) is 2.20. The van der Waals surface area contributed by atoms with E-state index in [-0.39, 0.29) is 0 Å². The van der Waals surface area contributed by atoms with E-state index in [9.17, 15) is 9.90 Å². The van der Waals surface area contributed by atoms with Gasteiger partial charge in [-0.05, 0) is 18.4 Å². The molecule has 0 radical (unpaired) electrons. The summed E-state index contributed by atoms with van der Waals surface area (Å²) in [5.41, 5.74) is 1.83. The number of hydrogen-bond acceptors (Lipinski definition) is 4. The van der Waals surface area contributed by atoms with Gasteiger partial charge in [-0.1, -0.05) is 20.3 Å². The van der Waals surface area contributed by atoms with Crippen molar-refractivity contribution < 1.29 is 9.90 Å². The molecule has 0 unspecified atom stereocenters. The summed E-state index contributed by atoms with van der Waals surface area (Å²) in [5, 5.41) is 16.6. The highest BCUT2D eigenvalue weighted by molar-refractivity contribution is 5.94. The molecule has 2 N–H and O–H groups in total. The average Bonchev–Trinajstić information content (AvgIpc) is 2.78. The Hall–Kier alpha value is -2.11. The Balaban J connectivity index is 2.49. The van der Waals surface area contributed by atoms with Crippen molar-refractivity contribution in [2.75, 3.05) is 11.9 Å². The summed E-state index contributed by atoms with van der Waals surface area (Å²) in [6, 6.07) is 0. The quantitative estimate of drug-likeness (QED) is 0.780. The number of nitrogens with zero attached hydrogens (tertiary/aromatic N) is 3. The average molecular weight is 262 g/mol. The van der Waals surface area contributed by atoms with E-state index in [1.54, 1.807) is 10.7 Å². The number of hydrogen-bond donors (Lipinski definition) is 2. The monoisotopic (exact) mass is 262 g/mol. The molecule has 6 heteroatoms. The molecule has 6 nitrogen and oxygen atoms in total. The molecular weight excluding hydrogens is 244 g/mol. The van der Waals surface area contributed by atoms with Crippen molar-refractivity contribution in [2.24, 2.45) is 0 Å². The first kappa shape index (κ1) is 13.3. The Morgan fingerprint density at radius 2 is 2.26 bits per heavy atom. The van der Waals surface area contributed by atoms with Crippen molar-refractivity contribution >= 4 is 17.3 Å². The van der Waals surface area contributed by atoms with E-state index in [0.29, 0.717) is 17.8 Å². The Kier molecular flexibility index (Phi) is 3.99. The van der Waals surface area contributed by atoms with Crippen LogP contribution in [0.2, 0.25) is 0 Å². The third-order valence-electron chi connectivity index (χ3n) is 3.09. The van der Waals surface area contributed by atoms with Crippen LogP contribution in [0.5, 0.6) is 0 Å². The van der Waals surface area contributed by atoms with E-state index in [2.05, 4.69) is 22.3 Å². The number of nitrogens with one attached hydrogen (secondary N) is 1. The number of fused-ring (bicyclic) bond motifs is 1. The SMILES string of the molecule is CCCCNc1ncnn2cc(C(=O)O)c(CC)c12. The zero-order valence-corrected chi connectivity index (χ0v) is 11.2. The van der Waals surface area contributed by atoms with Crippen LogP contribution in [-0.2, 0) is 6.42 Å². The molecule has 0 aliphatic heterocycles. The fraction of sp³-hybridized carbons (Fsp3) is 0.462. The van der Waals surface area contributed by atoms with Crippen LogP contribution in [0, 0.1) is 0 Å². The number of carboxylic acids is 1. The Bertz CT molecular complexity index is 592. The molecule has 0 aliphatic carbocycles. The van der Waals surface area contributed by atoms with Gasteiger partial charge in [0.1, 0.15) is 11.8 Å². The summed E-state index contributed by atoms with van der Waals surface area (Å²) in [5.74, 6) is -0.227. The van der Waals surface area contributed by atoms with Crippen molar-refractivity contribution in [3.63, 3.8) is 0 Å². The van der Waals surface area contributed by atoms with Crippen molar-refractivity contribution in [3.8, 4) is 0 Å². The lowest BCUT2D eigenvalue weighted by atomic mass is 10.1. The van der Waals surface area contributed by atoms with Gasteiger partial charge in [0.2, 0.25) is 0 Å². The lowest BCUT2D eigenvalue weighted by Crippen LogP contribution is -2.06. The molecular formula is C13H18N4O2. The first-order chi connectivity index (χ1) is 9.19. The zero-order valence-electron chi connectivity index (χ0n) is 11.2. The van der Waals surface area contributed by atoms with Gasteiger partial charge in [0.25, 0.3) is 0 Å². The van der Waals surface area contributed by atoms with E-state index < -0.39 is 5.97 Å². The summed E-state index contributed by atoms with van der Waals surface area (Å²) in [6.07, 6.45) is 5.75. The van der Waals surface area contributed by atoms with Gasteiger partial charge in [0.05, 0.1) is 5.56 Å². The van der Waals surface area contributed by atoms with Gasteiger partial charge in [-0.15, -0.1) is 0 Å². The molecule has 0 spiro atoms. The molecule has 19 heavy (non-hydrogen) atoms. The summed E-state index contributed by atoms with van der Waals surface area (Å²) in [7, 11) is 0. The van der Waals surface area contributed by atoms with Crippen molar-refractivity contribution in [1.82, 2.24) is 14.6 Å². The van der Waals surface area contributed by atoms with Crippen molar-refractivity contribution in [3.05, 3.63) is 23.7 Å². The minimum atomic E-state index is -0.929. The Labute approximate surface area is 111 Å². The van der Waals surface area contributed by atoms with Crippen LogP contribution < -0.4 is 5.32 Å². The first-order valence-electron chi connectivity index (χ1n) is 6.51. The summed E-state index contributed by atoms with van der Waals surface area (Å²) >= 11 is 0. The number of carboxylic acid groups (broad SMARTS) is 1. The molecule has 0 aliphatic rings. The van der Waals surface area contributed by atoms with Crippen LogP contribution in [0.4, 0.5) is 5.82 Å². The maximum Gasteiger partial charge on any atom is 0.337 e. The molecule has 2 heterocycles. The topological polar surface area (TPSA) is 79.5 Å². The van der Waals surface area contributed by atoms with Gasteiger partial charge < -0.3 is 10.4 Å². The second kappa shape index (κ2) is 5.69. The van der Waals surface area contributed by atoms with Crippen LogP contribution in [0.15, 0.2) is 12.5 Å². The van der Waals surface area contributed by atoms with Gasteiger partial charge in [-0.2, -0.15) is 5.10 Å². The third kappa shape index (κ3) is 2.52. The molecule has 0 saturated carbocycles. The maximum atomic E-state index is 11.2. The number of aryl methyl sites for hydroxylation is 1. The summed E-state index contributed by atoms with van der Waals surface area (Å²) < 4.78 is 1.59. The molecule has 0 saturated heterocycles. The van der Waals surface area contributed by atoms with Crippen LogP contribution >= 0.6 is 0 Å². The van der Waals surface area contributed by atoms with Crippen LogP contribution in [0.25, 0.3) is 5.52 Å². The van der Waals surface area contributed by atoms with E-state index in [4.69, 9.17) is 0 Å². The lowest BCUT2D eigenvalue weighted by Gasteiger charge is -2.07. The highest BCUT2D eigenvalue weighted by Crippen LogP contribution is 2.24. The van der Waals surface area contributed by atoms with Crippen LogP contribution in [-0.4, -0.2) is 32.2 Å². The molecule has 0 aromatic carbocycles. The second-order valence-corrected chi connectivity index (χ2v) is 4.36. The molecule has 2 rings (SSSR count). The Morgan fingerprint density at radius 3 is 2.89 bits per heavy atom. The van der Waals surface area contributed by atoms with Crippen LogP contribution in [0.3, 0.4) is 0 Å². The zero-order chi connectivity index (χ0) is 13.8. The molecule has 0 fully saturated rings. The van der Waals surface area contributed by atoms with Gasteiger partial charge in [0.15, 0.2) is 5.82 Å². The molecule has 0 bridgehead atoms. The number of carbonyl (C=O) groups is 1. The van der Waals surface area contributed by atoms with Crippen LogP contribution in [0.1, 0.15) is 42.6 Å². The summed E-state index contributed by atoms with van der Waals surface area (Å²) in [6.45, 7) is 4.87. The third-order valence-corrected chi connectivity index (χ3v) is 3.09. The highest BCUT2D eigenvalue weighted by Gasteiger charge is 2.18. The number of aromatic nitrogens is 3.